The molecule has 2 atom stereocenters. The zero-order chi connectivity index (χ0) is 18.5. The lowest BCUT2D eigenvalue weighted by Crippen LogP contribution is -2.40. The van der Waals surface area contributed by atoms with Gasteiger partial charge in [-0.2, -0.15) is 15.0 Å². The molecule has 3 rings (SSSR count). The third kappa shape index (κ3) is 4.29. The molecular formula is C17H23FN6O2. The largest absolute Gasteiger partial charge is 0.494 e. The molecule has 2 heterocycles. The van der Waals surface area contributed by atoms with E-state index in [0.717, 1.165) is 25.8 Å². The van der Waals surface area contributed by atoms with Crippen LogP contribution in [0.25, 0.3) is 0 Å². The number of hydrogen-bond acceptors (Lipinski definition) is 8. The second-order valence-electron chi connectivity index (χ2n) is 6.06. The first-order valence-electron chi connectivity index (χ1n) is 8.62. The van der Waals surface area contributed by atoms with Crippen LogP contribution in [0.3, 0.4) is 0 Å². The molecule has 1 fully saturated rings. The minimum absolute atomic E-state index is 0.00111. The fourth-order valence-corrected chi connectivity index (χ4v) is 3.01. The molecule has 1 aromatic carbocycles. The number of anilines is 2. The van der Waals surface area contributed by atoms with E-state index in [1.807, 2.05) is 0 Å². The van der Waals surface area contributed by atoms with Gasteiger partial charge in [-0.3, -0.25) is 0 Å². The number of nitrogens with two attached hydrogens (primary N) is 1. The number of nitrogens with zero attached hydrogens (tertiary/aromatic N) is 3. The van der Waals surface area contributed by atoms with Crippen LogP contribution in [0.1, 0.15) is 26.2 Å². The molecule has 0 saturated carbocycles. The summed E-state index contributed by atoms with van der Waals surface area (Å²) in [4.78, 5) is 12.3. The Morgan fingerprint density at radius 1 is 1.38 bits per heavy atom. The molecule has 4 N–H and O–H groups in total. The highest BCUT2D eigenvalue weighted by molar-refractivity contribution is 5.37. The third-order valence-corrected chi connectivity index (χ3v) is 4.30. The minimum atomic E-state index is -0.538. The molecule has 2 unspecified atom stereocenters. The van der Waals surface area contributed by atoms with Gasteiger partial charge in [0.25, 0.3) is 0 Å². The second kappa shape index (κ2) is 8.13. The summed E-state index contributed by atoms with van der Waals surface area (Å²) >= 11 is 0. The third-order valence-electron chi connectivity index (χ3n) is 4.30. The number of benzene rings is 1. The summed E-state index contributed by atoms with van der Waals surface area (Å²) in [6, 6.07) is 4.75. The number of methoxy groups -OCH3 is 1. The predicted octanol–water partition coefficient (Wildman–Crippen LogP) is 2.34. The first-order valence-corrected chi connectivity index (χ1v) is 8.62. The molecule has 1 saturated heterocycles. The first kappa shape index (κ1) is 18.1. The van der Waals surface area contributed by atoms with E-state index in [-0.39, 0.29) is 29.5 Å². The average molecular weight is 362 g/mol. The van der Waals surface area contributed by atoms with Gasteiger partial charge in [-0.05, 0) is 37.9 Å². The summed E-state index contributed by atoms with van der Waals surface area (Å²) in [6.07, 6.45) is 3.16. The molecule has 1 aliphatic rings. The van der Waals surface area contributed by atoms with Gasteiger partial charge in [-0.1, -0.05) is 6.92 Å². The van der Waals surface area contributed by atoms with Gasteiger partial charge < -0.3 is 25.8 Å². The van der Waals surface area contributed by atoms with Crippen molar-refractivity contribution in [2.75, 3.05) is 24.7 Å². The van der Waals surface area contributed by atoms with Crippen molar-refractivity contribution in [3.8, 4) is 17.5 Å². The van der Waals surface area contributed by atoms with Crippen LogP contribution in [0.15, 0.2) is 18.2 Å². The van der Waals surface area contributed by atoms with Gasteiger partial charge in [0.2, 0.25) is 11.9 Å². The van der Waals surface area contributed by atoms with E-state index >= 15 is 0 Å². The molecule has 8 nitrogen and oxygen atoms in total. The van der Waals surface area contributed by atoms with Gasteiger partial charge in [0.15, 0.2) is 11.6 Å². The molecule has 0 spiro atoms. The molecule has 0 aliphatic carbocycles. The summed E-state index contributed by atoms with van der Waals surface area (Å²) in [5, 5.41) is 6.75. The lowest BCUT2D eigenvalue weighted by Gasteiger charge is -2.23. The van der Waals surface area contributed by atoms with Crippen LogP contribution in [0.2, 0.25) is 0 Å². The summed E-state index contributed by atoms with van der Waals surface area (Å²) in [5.41, 5.74) is 5.77. The quantitative estimate of drug-likeness (QED) is 0.689. The summed E-state index contributed by atoms with van der Waals surface area (Å²) in [5.74, 6) is 0.195. The Morgan fingerprint density at radius 2 is 2.23 bits per heavy atom. The van der Waals surface area contributed by atoms with Crippen molar-refractivity contribution in [3.63, 3.8) is 0 Å². The van der Waals surface area contributed by atoms with E-state index in [2.05, 4.69) is 32.5 Å². The maximum Gasteiger partial charge on any atom is 0.328 e. The normalized spacial score (nSPS) is 17.7. The maximum absolute atomic E-state index is 13.8. The van der Waals surface area contributed by atoms with E-state index in [1.165, 1.54) is 19.2 Å². The Morgan fingerprint density at radius 3 is 2.88 bits per heavy atom. The highest BCUT2D eigenvalue weighted by Gasteiger charge is 2.24. The number of halogens is 1. The van der Waals surface area contributed by atoms with Crippen molar-refractivity contribution >= 4 is 11.9 Å². The van der Waals surface area contributed by atoms with Crippen LogP contribution < -0.4 is 25.8 Å². The number of hydrogen-bond donors (Lipinski definition) is 3. The van der Waals surface area contributed by atoms with E-state index in [0.29, 0.717) is 12.0 Å². The standard InChI is InChI=1S/C17H23FN6O2/c1-3-12(13-5-4-8-20-13)21-16-22-15(19)23-17(24-16)26-10-6-7-14(25-2)11(18)9-10/h6-7,9,12-13,20H,3-5,8H2,1-2H3,(H3,19,21,22,23,24). The van der Waals surface area contributed by atoms with Gasteiger partial charge in [-0.15, -0.1) is 0 Å². The van der Waals surface area contributed by atoms with E-state index in [4.69, 9.17) is 15.2 Å². The van der Waals surface area contributed by atoms with Crippen LogP contribution in [0, 0.1) is 5.82 Å². The Bertz CT molecular complexity index is 754. The SMILES string of the molecule is CCC(Nc1nc(N)nc(Oc2ccc(OC)c(F)c2)n1)C1CCCN1. The number of rotatable bonds is 7. The van der Waals surface area contributed by atoms with Crippen LogP contribution >= 0.6 is 0 Å². The van der Waals surface area contributed by atoms with Crippen molar-refractivity contribution < 1.29 is 13.9 Å². The molecule has 26 heavy (non-hydrogen) atoms. The predicted molar refractivity (Wildman–Crippen MR) is 96.0 cm³/mol. The van der Waals surface area contributed by atoms with E-state index in [1.54, 1.807) is 6.07 Å². The fourth-order valence-electron chi connectivity index (χ4n) is 3.01. The lowest BCUT2D eigenvalue weighted by molar-refractivity contribution is 0.381. The Hall–Kier alpha value is -2.68. The second-order valence-corrected chi connectivity index (χ2v) is 6.06. The number of ether oxygens (including phenoxy) is 2. The molecule has 1 aliphatic heterocycles. The van der Waals surface area contributed by atoms with Crippen molar-refractivity contribution in [1.29, 1.82) is 0 Å². The monoisotopic (exact) mass is 362 g/mol. The first-order chi connectivity index (χ1) is 12.6. The van der Waals surface area contributed by atoms with Gasteiger partial charge in [0.05, 0.1) is 7.11 Å². The van der Waals surface area contributed by atoms with Crippen LogP contribution in [0.5, 0.6) is 17.5 Å². The zero-order valence-electron chi connectivity index (χ0n) is 14.8. The Labute approximate surface area is 151 Å². The molecule has 1 aromatic heterocycles. The Balaban J connectivity index is 1.75. The molecule has 0 radical (unpaired) electrons. The molecular weight excluding hydrogens is 339 g/mol. The molecule has 2 aromatic rings. The van der Waals surface area contributed by atoms with Crippen LogP contribution in [0.4, 0.5) is 16.3 Å². The van der Waals surface area contributed by atoms with Crippen molar-refractivity contribution in [2.45, 2.75) is 38.3 Å². The number of aromatic nitrogens is 3. The van der Waals surface area contributed by atoms with Crippen LogP contribution in [-0.2, 0) is 0 Å². The van der Waals surface area contributed by atoms with Gasteiger partial charge in [0.1, 0.15) is 5.75 Å². The Kier molecular flexibility index (Phi) is 5.67. The molecule has 140 valence electrons. The zero-order valence-corrected chi connectivity index (χ0v) is 14.8. The smallest absolute Gasteiger partial charge is 0.328 e. The molecule has 9 heteroatoms. The lowest BCUT2D eigenvalue weighted by atomic mass is 10.0. The number of nitrogen functional groups attached to an aromatic ring is 1. The van der Waals surface area contributed by atoms with E-state index < -0.39 is 5.82 Å². The van der Waals surface area contributed by atoms with Crippen LogP contribution in [-0.4, -0.2) is 40.7 Å². The average Bonchev–Trinajstić information content (AvgIpc) is 3.14. The van der Waals surface area contributed by atoms with Gasteiger partial charge >= 0.3 is 6.01 Å². The molecule has 0 amide bonds. The topological polar surface area (TPSA) is 107 Å². The minimum Gasteiger partial charge on any atom is -0.494 e. The summed E-state index contributed by atoms with van der Waals surface area (Å²) in [6.45, 7) is 3.11. The van der Waals surface area contributed by atoms with E-state index in [9.17, 15) is 4.39 Å². The summed E-state index contributed by atoms with van der Waals surface area (Å²) < 4.78 is 24.2. The fraction of sp³-hybridized carbons (Fsp3) is 0.471. The van der Waals surface area contributed by atoms with Crippen molar-refractivity contribution in [1.82, 2.24) is 20.3 Å². The van der Waals surface area contributed by atoms with Crippen molar-refractivity contribution in [3.05, 3.63) is 24.0 Å². The highest BCUT2D eigenvalue weighted by Crippen LogP contribution is 2.26. The maximum atomic E-state index is 13.8. The van der Waals surface area contributed by atoms with Gasteiger partial charge in [-0.25, -0.2) is 4.39 Å². The highest BCUT2D eigenvalue weighted by atomic mass is 19.1. The summed E-state index contributed by atoms with van der Waals surface area (Å²) in [7, 11) is 1.40. The van der Waals surface area contributed by atoms with Crippen molar-refractivity contribution in [2.24, 2.45) is 0 Å². The molecule has 0 bridgehead atoms. The van der Waals surface area contributed by atoms with Gasteiger partial charge in [0, 0.05) is 18.2 Å². The number of nitrogens with one attached hydrogen (secondary N) is 2.